The number of fused-ring (bicyclic) bond motifs is 3. The van der Waals surface area contributed by atoms with Crippen LogP contribution in [0, 0.1) is 0 Å². The first-order valence-corrected chi connectivity index (χ1v) is 19.9. The van der Waals surface area contributed by atoms with Crippen molar-refractivity contribution >= 4 is 48.6 Å². The second kappa shape index (κ2) is 14.7. The number of anilines is 3. The first kappa shape index (κ1) is 33.6. The lowest BCUT2D eigenvalue weighted by Gasteiger charge is -2.29. The lowest BCUT2D eigenvalue weighted by Crippen LogP contribution is -2.11. The van der Waals surface area contributed by atoms with Crippen LogP contribution in [0.25, 0.3) is 75.8 Å². The maximum atomic E-state index is 2.45. The van der Waals surface area contributed by atoms with E-state index in [4.69, 9.17) is 0 Å². The summed E-state index contributed by atoms with van der Waals surface area (Å²) in [5, 5.41) is 2.59. The summed E-state index contributed by atoms with van der Waals surface area (Å²) in [6.07, 6.45) is 0. The first-order chi connectivity index (χ1) is 27.8. The van der Waals surface area contributed by atoms with Gasteiger partial charge in [0.25, 0.3) is 0 Å². The van der Waals surface area contributed by atoms with Crippen LogP contribution >= 0.6 is 11.3 Å². The van der Waals surface area contributed by atoms with Gasteiger partial charge in [0.2, 0.25) is 0 Å². The summed E-state index contributed by atoms with van der Waals surface area (Å²) in [6, 6.07) is 81.4. The summed E-state index contributed by atoms with van der Waals surface area (Å²) in [7, 11) is 0. The van der Waals surface area contributed by atoms with Crippen molar-refractivity contribution in [2.45, 2.75) is 0 Å². The van der Waals surface area contributed by atoms with Gasteiger partial charge < -0.3 is 4.90 Å². The molecular formula is C54H37NS. The molecule has 2 heteroatoms. The van der Waals surface area contributed by atoms with Crippen LogP contribution in [0.1, 0.15) is 0 Å². The van der Waals surface area contributed by atoms with Crippen molar-refractivity contribution in [1.29, 1.82) is 0 Å². The molecule has 0 saturated heterocycles. The lowest BCUT2D eigenvalue weighted by atomic mass is 9.93. The third-order valence-corrected chi connectivity index (χ3v) is 11.8. The van der Waals surface area contributed by atoms with Crippen LogP contribution in [-0.2, 0) is 0 Å². The molecule has 10 aromatic rings. The van der Waals surface area contributed by atoms with Gasteiger partial charge in [-0.1, -0.05) is 182 Å². The van der Waals surface area contributed by atoms with Gasteiger partial charge >= 0.3 is 0 Å². The number of rotatable bonds is 8. The fourth-order valence-electron chi connectivity index (χ4n) is 7.92. The molecule has 0 fully saturated rings. The van der Waals surface area contributed by atoms with Crippen molar-refractivity contribution in [3.63, 3.8) is 0 Å². The van der Waals surface area contributed by atoms with E-state index in [1.807, 2.05) is 11.3 Å². The van der Waals surface area contributed by atoms with Gasteiger partial charge in [-0.25, -0.2) is 0 Å². The number of benzene rings is 9. The molecule has 1 nitrogen and oxygen atoms in total. The largest absolute Gasteiger partial charge is 0.310 e. The van der Waals surface area contributed by atoms with Crippen LogP contribution in [0.15, 0.2) is 224 Å². The van der Waals surface area contributed by atoms with Crippen LogP contribution in [0.3, 0.4) is 0 Å². The summed E-state index contributed by atoms with van der Waals surface area (Å²) in [5.41, 5.74) is 15.3. The number of hydrogen-bond donors (Lipinski definition) is 0. The molecule has 0 aliphatic heterocycles. The lowest BCUT2D eigenvalue weighted by molar-refractivity contribution is 1.28. The molecule has 0 spiro atoms. The molecule has 0 unspecified atom stereocenters. The van der Waals surface area contributed by atoms with Crippen molar-refractivity contribution in [3.8, 4) is 55.6 Å². The smallest absolute Gasteiger partial charge is 0.0546 e. The van der Waals surface area contributed by atoms with Gasteiger partial charge in [-0.2, -0.15) is 0 Å². The van der Waals surface area contributed by atoms with Gasteiger partial charge in [-0.15, -0.1) is 11.3 Å². The van der Waals surface area contributed by atoms with Crippen molar-refractivity contribution in [2.24, 2.45) is 0 Å². The number of nitrogens with zero attached hydrogens (tertiary/aromatic N) is 1. The average Bonchev–Trinajstić information content (AvgIpc) is 3.67. The minimum absolute atomic E-state index is 1.09. The third-order valence-electron chi connectivity index (χ3n) is 10.7. The summed E-state index contributed by atoms with van der Waals surface area (Å²) in [5.74, 6) is 0. The first-order valence-electron chi connectivity index (χ1n) is 19.1. The molecule has 0 bridgehead atoms. The van der Waals surface area contributed by atoms with Crippen molar-refractivity contribution in [2.75, 3.05) is 4.90 Å². The van der Waals surface area contributed by atoms with Crippen molar-refractivity contribution in [3.05, 3.63) is 224 Å². The second-order valence-corrected chi connectivity index (χ2v) is 15.2. The Bertz CT molecular complexity index is 2930. The maximum absolute atomic E-state index is 2.45. The van der Waals surface area contributed by atoms with Gasteiger partial charge in [-0.3, -0.25) is 0 Å². The summed E-state index contributed by atoms with van der Waals surface area (Å²) in [4.78, 5) is 2.45. The molecule has 0 saturated carbocycles. The van der Waals surface area contributed by atoms with Gasteiger partial charge in [0.15, 0.2) is 0 Å². The molecule has 0 aliphatic carbocycles. The maximum Gasteiger partial charge on any atom is 0.0546 e. The summed E-state index contributed by atoms with van der Waals surface area (Å²) >= 11 is 1.86. The normalized spacial score (nSPS) is 11.2. The highest BCUT2D eigenvalue weighted by molar-refractivity contribution is 7.25. The SMILES string of the molecule is c1ccc(-c2ccc(-c3ccc(N(c4cccc(-c5ccccc5)c4)c4cc(-c5ccccc5)ccc4-c4cccc5sc6ccccc6c45)cc3)cc2)cc1. The highest BCUT2D eigenvalue weighted by Crippen LogP contribution is 2.47. The fraction of sp³-hybridized carbons (Fsp3) is 0. The quantitative estimate of drug-likeness (QED) is 0.150. The highest BCUT2D eigenvalue weighted by atomic mass is 32.1. The average molecular weight is 732 g/mol. The van der Waals surface area contributed by atoms with Gasteiger partial charge in [0.05, 0.1) is 5.69 Å². The van der Waals surface area contributed by atoms with Crippen LogP contribution in [0.5, 0.6) is 0 Å². The van der Waals surface area contributed by atoms with Gasteiger partial charge in [0.1, 0.15) is 0 Å². The zero-order chi connectivity index (χ0) is 37.3. The summed E-state index contributed by atoms with van der Waals surface area (Å²) < 4.78 is 2.60. The Morgan fingerprint density at radius 1 is 0.286 bits per heavy atom. The molecule has 0 N–H and O–H groups in total. The van der Waals surface area contributed by atoms with Crippen LogP contribution < -0.4 is 4.90 Å². The minimum Gasteiger partial charge on any atom is -0.310 e. The van der Waals surface area contributed by atoms with E-state index >= 15 is 0 Å². The molecule has 0 aliphatic rings. The van der Waals surface area contributed by atoms with Crippen LogP contribution in [0.4, 0.5) is 17.1 Å². The number of hydrogen-bond acceptors (Lipinski definition) is 2. The van der Waals surface area contributed by atoms with Gasteiger partial charge in [0, 0.05) is 37.1 Å². The Labute approximate surface area is 332 Å². The molecule has 0 atom stereocenters. The van der Waals surface area contributed by atoms with Crippen molar-refractivity contribution in [1.82, 2.24) is 0 Å². The van der Waals surface area contributed by atoms with Crippen LogP contribution in [-0.4, -0.2) is 0 Å². The minimum atomic E-state index is 1.09. The van der Waals surface area contributed by atoms with E-state index in [1.54, 1.807) is 0 Å². The van der Waals surface area contributed by atoms with E-state index in [1.165, 1.54) is 75.8 Å². The van der Waals surface area contributed by atoms with E-state index in [0.29, 0.717) is 0 Å². The van der Waals surface area contributed by atoms with E-state index in [-0.39, 0.29) is 0 Å². The zero-order valence-electron chi connectivity index (χ0n) is 30.7. The highest BCUT2D eigenvalue weighted by Gasteiger charge is 2.21. The Balaban J connectivity index is 1.17. The predicted molar refractivity (Wildman–Crippen MR) is 241 cm³/mol. The Hall–Kier alpha value is -7.00. The van der Waals surface area contributed by atoms with E-state index in [9.17, 15) is 0 Å². The predicted octanol–water partition coefficient (Wildman–Crippen LogP) is 15.9. The molecule has 10 rings (SSSR count). The van der Waals surface area contributed by atoms with Crippen molar-refractivity contribution < 1.29 is 0 Å². The van der Waals surface area contributed by atoms with Crippen LogP contribution in [0.2, 0.25) is 0 Å². The fourth-order valence-corrected chi connectivity index (χ4v) is 9.06. The third kappa shape index (κ3) is 6.36. The second-order valence-electron chi connectivity index (χ2n) is 14.1. The standard InChI is InChI=1S/C54H37NS/c1-4-14-38(15-5-1)41-26-28-42(29-27-41)43-30-33-46(34-31-43)55(47-21-12-20-44(36-47)39-16-6-2-7-17-39)51-37-45(40-18-8-3-9-19-40)32-35-48(51)49-23-13-25-53-54(49)50-22-10-11-24-52(50)56-53/h1-37H. The van der Waals surface area contributed by atoms with Gasteiger partial charge in [-0.05, 0) is 92.5 Å². The number of thiophene rings is 1. The monoisotopic (exact) mass is 731 g/mol. The Morgan fingerprint density at radius 2 is 0.750 bits per heavy atom. The Morgan fingerprint density at radius 3 is 1.39 bits per heavy atom. The molecule has 9 aromatic carbocycles. The molecular weight excluding hydrogens is 695 g/mol. The molecule has 1 aromatic heterocycles. The molecule has 0 radical (unpaired) electrons. The topological polar surface area (TPSA) is 3.24 Å². The summed E-state index contributed by atoms with van der Waals surface area (Å²) in [6.45, 7) is 0. The molecule has 1 heterocycles. The molecule has 0 amide bonds. The van der Waals surface area contributed by atoms with E-state index in [0.717, 1.165) is 17.1 Å². The molecule has 56 heavy (non-hydrogen) atoms. The zero-order valence-corrected chi connectivity index (χ0v) is 31.5. The molecule has 264 valence electrons. The Kier molecular flexibility index (Phi) is 8.79. The van der Waals surface area contributed by atoms with E-state index < -0.39 is 0 Å². The van der Waals surface area contributed by atoms with E-state index in [2.05, 4.69) is 229 Å².